The predicted octanol–water partition coefficient (Wildman–Crippen LogP) is 4.39. The third-order valence-corrected chi connectivity index (χ3v) is 4.02. The minimum absolute atomic E-state index is 0.178. The lowest BCUT2D eigenvalue weighted by Gasteiger charge is -2.30. The Labute approximate surface area is 121 Å². The first kappa shape index (κ1) is 15.7. The Balaban J connectivity index is 2.26. The van der Waals surface area contributed by atoms with Crippen molar-refractivity contribution in [3.8, 4) is 0 Å². The van der Waals surface area contributed by atoms with Crippen LogP contribution in [0.4, 0.5) is 18.9 Å². The van der Waals surface area contributed by atoms with Crippen LogP contribution in [0.25, 0.3) is 0 Å². The van der Waals surface area contributed by atoms with Gasteiger partial charge in [-0.15, -0.1) is 0 Å². The third kappa shape index (κ3) is 3.68. The molecule has 1 aromatic rings. The number of anilines is 1. The Morgan fingerprint density at radius 1 is 1.29 bits per heavy atom. The predicted molar refractivity (Wildman–Crippen MR) is 73.4 cm³/mol. The van der Waals surface area contributed by atoms with Crippen molar-refractivity contribution in [2.45, 2.75) is 44.8 Å². The lowest BCUT2D eigenvalue weighted by Crippen LogP contribution is -2.30. The van der Waals surface area contributed by atoms with Crippen LogP contribution in [0.5, 0.6) is 0 Å². The summed E-state index contributed by atoms with van der Waals surface area (Å²) in [5, 5.41) is 12.2. The molecule has 0 heterocycles. The molecule has 0 radical (unpaired) electrons. The molecule has 0 aromatic heterocycles. The Kier molecular flexibility index (Phi) is 4.44. The van der Waals surface area contributed by atoms with Gasteiger partial charge >= 0.3 is 12.1 Å². The SMILES string of the molecule is CC1CCCCC1Nc1ccc(C(F)(F)F)c(C(=O)O)c1. The second kappa shape index (κ2) is 5.95. The van der Waals surface area contributed by atoms with Crippen molar-refractivity contribution in [1.82, 2.24) is 0 Å². The topological polar surface area (TPSA) is 49.3 Å². The highest BCUT2D eigenvalue weighted by molar-refractivity contribution is 5.91. The zero-order valence-electron chi connectivity index (χ0n) is 11.7. The summed E-state index contributed by atoms with van der Waals surface area (Å²) in [6.07, 6.45) is -0.403. The minimum Gasteiger partial charge on any atom is -0.478 e. The van der Waals surface area contributed by atoms with Gasteiger partial charge < -0.3 is 10.4 Å². The normalized spacial score (nSPS) is 22.9. The van der Waals surface area contributed by atoms with Crippen LogP contribution in [0.15, 0.2) is 18.2 Å². The van der Waals surface area contributed by atoms with E-state index in [1.54, 1.807) is 0 Å². The summed E-state index contributed by atoms with van der Waals surface area (Å²) >= 11 is 0. The van der Waals surface area contributed by atoms with Gasteiger partial charge in [-0.25, -0.2) is 4.79 Å². The van der Waals surface area contributed by atoms with Crippen molar-refractivity contribution in [1.29, 1.82) is 0 Å². The average Bonchev–Trinajstić information content (AvgIpc) is 2.40. The molecule has 2 unspecified atom stereocenters. The number of halogens is 3. The number of aromatic carboxylic acids is 1. The van der Waals surface area contributed by atoms with Gasteiger partial charge in [-0.1, -0.05) is 19.8 Å². The number of alkyl halides is 3. The largest absolute Gasteiger partial charge is 0.478 e. The highest BCUT2D eigenvalue weighted by atomic mass is 19.4. The summed E-state index contributed by atoms with van der Waals surface area (Å²) in [5.74, 6) is -1.14. The average molecular weight is 301 g/mol. The van der Waals surface area contributed by atoms with E-state index in [1.165, 1.54) is 6.07 Å². The molecule has 21 heavy (non-hydrogen) atoms. The molecule has 2 atom stereocenters. The van der Waals surface area contributed by atoms with Crippen LogP contribution < -0.4 is 5.32 Å². The van der Waals surface area contributed by atoms with Gasteiger partial charge in [0.05, 0.1) is 11.1 Å². The molecule has 3 nitrogen and oxygen atoms in total. The van der Waals surface area contributed by atoms with Crippen molar-refractivity contribution in [2.75, 3.05) is 5.32 Å². The first-order valence-electron chi connectivity index (χ1n) is 7.00. The fourth-order valence-corrected chi connectivity index (χ4v) is 2.80. The third-order valence-electron chi connectivity index (χ3n) is 4.02. The number of benzene rings is 1. The lowest BCUT2D eigenvalue weighted by molar-refractivity contribution is -0.138. The maximum atomic E-state index is 12.8. The number of carboxylic acids is 1. The lowest BCUT2D eigenvalue weighted by atomic mass is 9.86. The van der Waals surface area contributed by atoms with Gasteiger partial charge in [0.2, 0.25) is 0 Å². The summed E-state index contributed by atoms with van der Waals surface area (Å²) in [6, 6.07) is 3.39. The van der Waals surface area contributed by atoms with E-state index in [0.717, 1.165) is 37.8 Å². The molecular weight excluding hydrogens is 283 g/mol. The molecule has 0 spiro atoms. The van der Waals surface area contributed by atoms with Gasteiger partial charge in [-0.2, -0.15) is 13.2 Å². The standard InChI is InChI=1S/C15H18F3NO2/c1-9-4-2-3-5-13(9)19-10-6-7-12(15(16,17)18)11(8-10)14(20)21/h6-9,13,19H,2-5H2,1H3,(H,20,21). The molecule has 1 aliphatic rings. The molecule has 1 fully saturated rings. The number of rotatable bonds is 3. The molecule has 2 rings (SSSR count). The van der Waals surface area contributed by atoms with E-state index in [1.807, 2.05) is 0 Å². The van der Waals surface area contributed by atoms with Crippen LogP contribution in [0.2, 0.25) is 0 Å². The van der Waals surface area contributed by atoms with Crippen LogP contribution in [-0.4, -0.2) is 17.1 Å². The Morgan fingerprint density at radius 2 is 1.95 bits per heavy atom. The fourth-order valence-electron chi connectivity index (χ4n) is 2.80. The zero-order valence-corrected chi connectivity index (χ0v) is 11.7. The summed E-state index contributed by atoms with van der Waals surface area (Å²) in [6.45, 7) is 2.10. The maximum Gasteiger partial charge on any atom is 0.417 e. The van der Waals surface area contributed by atoms with Gasteiger partial charge in [0, 0.05) is 11.7 Å². The first-order chi connectivity index (χ1) is 9.79. The molecule has 1 aliphatic carbocycles. The Bertz CT molecular complexity index is 528. The molecule has 116 valence electrons. The van der Waals surface area contributed by atoms with Crippen LogP contribution in [-0.2, 0) is 6.18 Å². The van der Waals surface area contributed by atoms with Gasteiger partial charge in [0.1, 0.15) is 0 Å². The van der Waals surface area contributed by atoms with E-state index < -0.39 is 23.3 Å². The number of carbonyl (C=O) groups is 1. The minimum atomic E-state index is -4.66. The van der Waals surface area contributed by atoms with Gasteiger partial charge in [0.15, 0.2) is 0 Å². The molecule has 2 N–H and O–H groups in total. The fraction of sp³-hybridized carbons (Fsp3) is 0.533. The number of hydrogen-bond donors (Lipinski definition) is 2. The molecule has 1 aromatic carbocycles. The molecule has 6 heteroatoms. The number of hydrogen-bond acceptors (Lipinski definition) is 2. The van der Waals surface area contributed by atoms with E-state index in [0.29, 0.717) is 11.6 Å². The maximum absolute atomic E-state index is 12.8. The van der Waals surface area contributed by atoms with Gasteiger partial charge in [0.25, 0.3) is 0 Å². The first-order valence-corrected chi connectivity index (χ1v) is 7.00. The highest BCUT2D eigenvalue weighted by Gasteiger charge is 2.35. The summed E-state index contributed by atoms with van der Waals surface area (Å²) in [4.78, 5) is 11.0. The number of carboxylic acid groups (broad SMARTS) is 1. The molecule has 0 saturated heterocycles. The second-order valence-corrected chi connectivity index (χ2v) is 5.58. The van der Waals surface area contributed by atoms with E-state index in [2.05, 4.69) is 12.2 Å². The Hall–Kier alpha value is -1.72. The molecule has 0 bridgehead atoms. The zero-order chi connectivity index (χ0) is 15.6. The van der Waals surface area contributed by atoms with E-state index in [9.17, 15) is 18.0 Å². The van der Waals surface area contributed by atoms with Crippen LogP contribution in [0.1, 0.15) is 48.5 Å². The molecule has 0 amide bonds. The molecule has 1 saturated carbocycles. The van der Waals surface area contributed by atoms with Crippen LogP contribution in [0.3, 0.4) is 0 Å². The van der Waals surface area contributed by atoms with Gasteiger partial charge in [-0.05, 0) is 37.0 Å². The van der Waals surface area contributed by atoms with Crippen LogP contribution >= 0.6 is 0 Å². The quantitative estimate of drug-likeness (QED) is 0.870. The summed E-state index contributed by atoms with van der Waals surface area (Å²) < 4.78 is 38.3. The van der Waals surface area contributed by atoms with E-state index in [-0.39, 0.29) is 6.04 Å². The van der Waals surface area contributed by atoms with E-state index >= 15 is 0 Å². The summed E-state index contributed by atoms with van der Waals surface area (Å²) in [5.41, 5.74) is -1.40. The smallest absolute Gasteiger partial charge is 0.417 e. The number of nitrogens with one attached hydrogen (secondary N) is 1. The van der Waals surface area contributed by atoms with Crippen molar-refractivity contribution in [3.63, 3.8) is 0 Å². The van der Waals surface area contributed by atoms with Crippen molar-refractivity contribution < 1.29 is 23.1 Å². The van der Waals surface area contributed by atoms with Crippen molar-refractivity contribution >= 4 is 11.7 Å². The molecule has 0 aliphatic heterocycles. The van der Waals surface area contributed by atoms with Gasteiger partial charge in [-0.3, -0.25) is 0 Å². The highest BCUT2D eigenvalue weighted by Crippen LogP contribution is 2.34. The monoisotopic (exact) mass is 301 g/mol. The van der Waals surface area contributed by atoms with Crippen molar-refractivity contribution in [3.05, 3.63) is 29.3 Å². The Morgan fingerprint density at radius 3 is 2.52 bits per heavy atom. The van der Waals surface area contributed by atoms with Crippen LogP contribution in [0, 0.1) is 5.92 Å². The van der Waals surface area contributed by atoms with Crippen molar-refractivity contribution in [2.24, 2.45) is 5.92 Å². The summed E-state index contributed by atoms with van der Waals surface area (Å²) in [7, 11) is 0. The second-order valence-electron chi connectivity index (χ2n) is 5.58. The van der Waals surface area contributed by atoms with E-state index in [4.69, 9.17) is 5.11 Å². The molecular formula is C15H18F3NO2.